The molecule has 3 rings (SSSR count). The van der Waals surface area contributed by atoms with Gasteiger partial charge in [-0.1, -0.05) is 41.4 Å². The quantitative estimate of drug-likeness (QED) is 0.405. The lowest BCUT2D eigenvalue weighted by Crippen LogP contribution is -2.38. The van der Waals surface area contributed by atoms with Gasteiger partial charge in [-0.05, 0) is 36.8 Å². The number of aryl methyl sites for hydroxylation is 1. The van der Waals surface area contributed by atoms with Gasteiger partial charge in [0.1, 0.15) is 17.9 Å². The lowest BCUT2D eigenvalue weighted by atomic mass is 10.1. The van der Waals surface area contributed by atoms with Gasteiger partial charge < -0.3 is 10.1 Å². The van der Waals surface area contributed by atoms with Gasteiger partial charge in [-0.3, -0.25) is 0 Å². The molecule has 0 atom stereocenters. The number of rotatable bonds is 8. The number of benzene rings is 2. The Labute approximate surface area is 192 Å². The molecule has 2 aromatic carbocycles. The molecule has 0 aliphatic carbocycles. The molecule has 0 saturated carbocycles. The molecule has 3 aromatic rings. The second-order valence-electron chi connectivity index (χ2n) is 6.76. The summed E-state index contributed by atoms with van der Waals surface area (Å²) < 4.78 is 66.3. The van der Waals surface area contributed by atoms with Gasteiger partial charge in [-0.25, -0.2) is 18.1 Å². The maximum atomic E-state index is 12.4. The normalized spacial score (nSPS) is 12.2. The van der Waals surface area contributed by atoms with E-state index in [-0.39, 0.29) is 6.61 Å². The van der Waals surface area contributed by atoms with E-state index < -0.39 is 22.1 Å². The number of nitrogens with zero attached hydrogens (tertiary/aromatic N) is 1. The Morgan fingerprint density at radius 1 is 1.09 bits per heavy atom. The van der Waals surface area contributed by atoms with E-state index in [1.165, 1.54) is 4.72 Å². The molecule has 0 unspecified atom stereocenters. The molecule has 2 N–H and O–H groups in total. The highest BCUT2D eigenvalue weighted by Crippen LogP contribution is 2.31. The van der Waals surface area contributed by atoms with Gasteiger partial charge in [-0.15, -0.1) is 0 Å². The van der Waals surface area contributed by atoms with Gasteiger partial charge in [0.25, 0.3) is 0 Å². The third kappa shape index (κ3) is 5.74. The van der Waals surface area contributed by atoms with E-state index in [0.717, 1.165) is 16.6 Å². The Morgan fingerprint density at radius 3 is 2.53 bits per heavy atom. The van der Waals surface area contributed by atoms with Crippen LogP contribution in [0.4, 0.5) is 18.9 Å². The fourth-order valence-corrected chi connectivity index (χ4v) is 3.72. The molecule has 1 aromatic heterocycles. The molecule has 0 amide bonds. The number of para-hydroxylation sites is 1. The molecular weight excluding hydrogens is 490 g/mol. The van der Waals surface area contributed by atoms with E-state index in [1.807, 2.05) is 18.2 Å². The van der Waals surface area contributed by atoms with Crippen molar-refractivity contribution >= 4 is 49.8 Å². The van der Waals surface area contributed by atoms with Crippen LogP contribution in [0.5, 0.6) is 5.75 Å². The van der Waals surface area contributed by atoms with Crippen LogP contribution in [0, 0.1) is 6.92 Å². The highest BCUT2D eigenvalue weighted by molar-refractivity contribution is 7.90. The van der Waals surface area contributed by atoms with Crippen molar-refractivity contribution in [3.05, 3.63) is 63.8 Å². The second kappa shape index (κ2) is 9.70. The lowest BCUT2D eigenvalue weighted by molar-refractivity contribution is -0.0448. The zero-order valence-corrected chi connectivity index (χ0v) is 19.0. The molecule has 6 nitrogen and oxygen atoms in total. The van der Waals surface area contributed by atoms with Crippen molar-refractivity contribution in [2.45, 2.75) is 19.0 Å². The summed E-state index contributed by atoms with van der Waals surface area (Å²) >= 11 is 12.0. The second-order valence-corrected chi connectivity index (χ2v) is 9.33. The van der Waals surface area contributed by atoms with E-state index in [0.29, 0.717) is 33.6 Å². The molecular formula is C20H18Cl2F3N3O3S. The van der Waals surface area contributed by atoms with Crippen molar-refractivity contribution in [3.63, 3.8) is 0 Å². The Bertz CT molecular complexity index is 1240. The van der Waals surface area contributed by atoms with E-state index in [1.54, 1.807) is 31.2 Å². The maximum absolute atomic E-state index is 12.4. The number of anilines is 1. The number of alkyl halides is 3. The van der Waals surface area contributed by atoms with Gasteiger partial charge >= 0.3 is 15.5 Å². The first-order valence-corrected chi connectivity index (χ1v) is 11.5. The van der Waals surface area contributed by atoms with Crippen LogP contribution in [0.1, 0.15) is 11.3 Å². The van der Waals surface area contributed by atoms with Crippen molar-refractivity contribution in [3.8, 4) is 5.75 Å². The van der Waals surface area contributed by atoms with Crippen LogP contribution >= 0.6 is 23.2 Å². The van der Waals surface area contributed by atoms with Crippen LogP contribution < -0.4 is 14.8 Å². The van der Waals surface area contributed by atoms with Crippen molar-refractivity contribution in [2.75, 3.05) is 18.5 Å². The predicted molar refractivity (Wildman–Crippen MR) is 119 cm³/mol. The highest BCUT2D eigenvalue weighted by atomic mass is 35.5. The molecule has 0 bridgehead atoms. The van der Waals surface area contributed by atoms with E-state index in [9.17, 15) is 21.6 Å². The van der Waals surface area contributed by atoms with Gasteiger partial charge in [0.15, 0.2) is 0 Å². The SMILES string of the molecule is Cc1cc(NCc2ccc(Cl)c(Cl)c2)c2cccc(OCCNS(=O)(=O)C(F)(F)F)c2n1. The van der Waals surface area contributed by atoms with Crippen molar-refractivity contribution < 1.29 is 26.3 Å². The zero-order valence-electron chi connectivity index (χ0n) is 16.6. The van der Waals surface area contributed by atoms with Crippen molar-refractivity contribution in [1.82, 2.24) is 9.71 Å². The Morgan fingerprint density at radius 2 is 1.84 bits per heavy atom. The van der Waals surface area contributed by atoms with E-state index in [4.69, 9.17) is 27.9 Å². The van der Waals surface area contributed by atoms with Gasteiger partial charge in [0.2, 0.25) is 0 Å². The van der Waals surface area contributed by atoms with Crippen LogP contribution in [0.2, 0.25) is 10.0 Å². The average Bonchev–Trinajstić information content (AvgIpc) is 2.71. The number of fused-ring (bicyclic) bond motifs is 1. The number of nitrogens with one attached hydrogen (secondary N) is 2. The molecule has 0 spiro atoms. The smallest absolute Gasteiger partial charge is 0.490 e. The third-order valence-corrected chi connectivity index (χ3v) is 6.29. The fourth-order valence-electron chi connectivity index (χ4n) is 2.88. The van der Waals surface area contributed by atoms with Gasteiger partial charge in [-0.2, -0.15) is 13.2 Å². The minimum Gasteiger partial charge on any atom is -0.490 e. The predicted octanol–water partition coefficient (Wildman–Crippen LogP) is 5.28. The van der Waals surface area contributed by atoms with Crippen LogP contribution in [-0.2, 0) is 16.6 Å². The molecule has 0 saturated heterocycles. The molecule has 0 radical (unpaired) electrons. The van der Waals surface area contributed by atoms with Crippen LogP contribution in [-0.4, -0.2) is 32.1 Å². The number of pyridine rings is 1. The molecule has 0 aliphatic rings. The molecule has 1 heterocycles. The minimum atomic E-state index is -5.42. The summed E-state index contributed by atoms with van der Waals surface area (Å²) in [5.74, 6) is 0.315. The molecule has 12 heteroatoms. The Kier molecular flexibility index (Phi) is 7.39. The summed E-state index contributed by atoms with van der Waals surface area (Å²) in [5.41, 5.74) is -2.53. The Balaban J connectivity index is 1.75. The highest BCUT2D eigenvalue weighted by Gasteiger charge is 2.45. The zero-order chi connectivity index (χ0) is 23.5. The summed E-state index contributed by atoms with van der Waals surface area (Å²) in [6.45, 7) is 1.39. The number of halogens is 5. The van der Waals surface area contributed by atoms with E-state index >= 15 is 0 Å². The Hall–Kier alpha value is -2.27. The number of hydrogen-bond acceptors (Lipinski definition) is 5. The van der Waals surface area contributed by atoms with Crippen LogP contribution in [0.15, 0.2) is 42.5 Å². The van der Waals surface area contributed by atoms with Crippen molar-refractivity contribution in [2.24, 2.45) is 0 Å². The van der Waals surface area contributed by atoms with Crippen LogP contribution in [0.25, 0.3) is 10.9 Å². The topological polar surface area (TPSA) is 80.3 Å². The average molecular weight is 508 g/mol. The summed E-state index contributed by atoms with van der Waals surface area (Å²) in [4.78, 5) is 4.46. The molecule has 0 aliphatic heterocycles. The van der Waals surface area contributed by atoms with E-state index in [2.05, 4.69) is 10.3 Å². The standard InChI is InChI=1S/C20H18Cl2F3N3O3S/c1-12-9-17(26-11-13-5-6-15(21)16(22)10-13)14-3-2-4-18(19(14)28-12)31-8-7-27-32(29,30)20(23,24)25/h2-6,9-10,27H,7-8,11H2,1H3,(H,26,28). The van der Waals surface area contributed by atoms with Gasteiger partial charge in [0.05, 0.1) is 10.0 Å². The van der Waals surface area contributed by atoms with Gasteiger partial charge in [0, 0.05) is 29.9 Å². The number of hydrogen-bond donors (Lipinski definition) is 2. The number of ether oxygens (including phenoxy) is 1. The number of aromatic nitrogens is 1. The molecule has 172 valence electrons. The maximum Gasteiger partial charge on any atom is 0.511 e. The fraction of sp³-hybridized carbons (Fsp3) is 0.250. The van der Waals surface area contributed by atoms with Crippen LogP contribution in [0.3, 0.4) is 0 Å². The summed E-state index contributed by atoms with van der Waals surface area (Å²) in [5, 5.41) is 4.94. The first kappa shape index (κ1) is 24.4. The van der Waals surface area contributed by atoms with Crippen molar-refractivity contribution in [1.29, 1.82) is 0 Å². The summed E-state index contributed by atoms with van der Waals surface area (Å²) in [6.07, 6.45) is 0. The summed E-state index contributed by atoms with van der Waals surface area (Å²) in [7, 11) is -5.42. The first-order chi connectivity index (χ1) is 15.0. The number of sulfonamides is 1. The lowest BCUT2D eigenvalue weighted by Gasteiger charge is -2.14. The largest absolute Gasteiger partial charge is 0.511 e. The molecule has 32 heavy (non-hydrogen) atoms. The minimum absolute atomic E-state index is 0.309. The summed E-state index contributed by atoms with van der Waals surface area (Å²) in [6, 6.07) is 12.3. The monoisotopic (exact) mass is 507 g/mol. The molecule has 0 fully saturated rings. The third-order valence-electron chi connectivity index (χ3n) is 4.35. The first-order valence-electron chi connectivity index (χ1n) is 9.25.